The molecule has 0 aliphatic carbocycles. The third-order valence-corrected chi connectivity index (χ3v) is 4.24. The van der Waals surface area contributed by atoms with Crippen LogP contribution in [0.5, 0.6) is 5.75 Å². The number of benzene rings is 1. The molecular formula is C22H25N3O4. The predicted octanol–water partition coefficient (Wildman–Crippen LogP) is 4.11. The second kappa shape index (κ2) is 8.77. The minimum atomic E-state index is -0.429. The number of fused-ring (bicyclic) bond motifs is 1. The summed E-state index contributed by atoms with van der Waals surface area (Å²) in [6, 6.07) is 10.3. The molecule has 0 spiro atoms. The van der Waals surface area contributed by atoms with Gasteiger partial charge in [-0.15, -0.1) is 0 Å². The standard InChI is InChI=1S/C22H25N3O4/c1-5-17-19(25-12-8-11-18(28-6-2)20(25)24-17)21(26)23-16-10-7-9-15(13-16)22(27)29-14(3)4/h7-14H,5-6H2,1-4H3,(H,23,26). The molecule has 0 radical (unpaired) electrons. The van der Waals surface area contributed by atoms with Gasteiger partial charge < -0.3 is 14.8 Å². The lowest BCUT2D eigenvalue weighted by Gasteiger charge is -2.10. The molecule has 1 N–H and O–H groups in total. The Morgan fingerprint density at radius 2 is 1.97 bits per heavy atom. The Kier molecular flexibility index (Phi) is 6.16. The molecule has 2 aromatic heterocycles. The van der Waals surface area contributed by atoms with Crippen LogP contribution in [0.2, 0.25) is 0 Å². The number of rotatable bonds is 7. The second-order valence-corrected chi connectivity index (χ2v) is 6.75. The van der Waals surface area contributed by atoms with Crippen molar-refractivity contribution in [2.75, 3.05) is 11.9 Å². The predicted molar refractivity (Wildman–Crippen MR) is 111 cm³/mol. The van der Waals surface area contributed by atoms with Gasteiger partial charge >= 0.3 is 5.97 Å². The highest BCUT2D eigenvalue weighted by Crippen LogP contribution is 2.24. The van der Waals surface area contributed by atoms with Gasteiger partial charge in [0.25, 0.3) is 5.91 Å². The van der Waals surface area contributed by atoms with Gasteiger partial charge in [-0.25, -0.2) is 9.78 Å². The summed E-state index contributed by atoms with van der Waals surface area (Å²) >= 11 is 0. The number of imidazole rings is 1. The highest BCUT2D eigenvalue weighted by molar-refractivity contribution is 6.05. The number of ether oxygens (including phenoxy) is 2. The molecule has 3 aromatic rings. The maximum atomic E-state index is 13.1. The Morgan fingerprint density at radius 3 is 2.66 bits per heavy atom. The Morgan fingerprint density at radius 1 is 1.17 bits per heavy atom. The van der Waals surface area contributed by atoms with E-state index in [4.69, 9.17) is 9.47 Å². The summed E-state index contributed by atoms with van der Waals surface area (Å²) in [6.07, 6.45) is 2.16. The molecule has 0 unspecified atom stereocenters. The molecule has 0 bridgehead atoms. The van der Waals surface area contributed by atoms with E-state index in [0.717, 1.165) is 0 Å². The van der Waals surface area contributed by atoms with Gasteiger partial charge in [0.2, 0.25) is 0 Å². The van der Waals surface area contributed by atoms with Gasteiger partial charge in [0.1, 0.15) is 5.69 Å². The van der Waals surface area contributed by atoms with Crippen molar-refractivity contribution in [3.8, 4) is 5.75 Å². The van der Waals surface area contributed by atoms with E-state index in [2.05, 4.69) is 10.3 Å². The normalized spacial score (nSPS) is 10.9. The summed E-state index contributed by atoms with van der Waals surface area (Å²) in [4.78, 5) is 29.8. The first kappa shape index (κ1) is 20.4. The molecule has 1 amide bonds. The molecule has 7 heteroatoms. The monoisotopic (exact) mass is 395 g/mol. The quantitative estimate of drug-likeness (QED) is 0.609. The molecule has 3 rings (SSSR count). The number of nitrogens with one attached hydrogen (secondary N) is 1. The van der Waals surface area contributed by atoms with Gasteiger partial charge in [0, 0.05) is 11.9 Å². The van der Waals surface area contributed by atoms with Crippen LogP contribution in [-0.2, 0) is 11.2 Å². The average Bonchev–Trinajstić information content (AvgIpc) is 3.07. The van der Waals surface area contributed by atoms with Crippen LogP contribution >= 0.6 is 0 Å². The van der Waals surface area contributed by atoms with Crippen molar-refractivity contribution in [3.05, 3.63) is 59.5 Å². The number of hydrogen-bond donors (Lipinski definition) is 1. The number of nitrogens with zero attached hydrogens (tertiary/aromatic N) is 2. The number of amides is 1. The van der Waals surface area contributed by atoms with Crippen LogP contribution in [0, 0.1) is 0 Å². The van der Waals surface area contributed by atoms with Crippen LogP contribution in [0.15, 0.2) is 42.6 Å². The van der Waals surface area contributed by atoms with Crippen LogP contribution in [0.25, 0.3) is 5.65 Å². The molecule has 0 atom stereocenters. The van der Waals surface area contributed by atoms with Crippen LogP contribution in [0.3, 0.4) is 0 Å². The van der Waals surface area contributed by atoms with Crippen LogP contribution < -0.4 is 10.1 Å². The first-order valence-electron chi connectivity index (χ1n) is 9.69. The largest absolute Gasteiger partial charge is 0.490 e. The van der Waals surface area contributed by atoms with E-state index in [1.807, 2.05) is 26.0 Å². The molecule has 0 saturated heterocycles. The van der Waals surface area contributed by atoms with Crippen LogP contribution in [0.4, 0.5) is 5.69 Å². The van der Waals surface area contributed by atoms with E-state index in [0.29, 0.717) is 47.1 Å². The summed E-state index contributed by atoms with van der Waals surface area (Å²) in [6.45, 7) is 7.93. The smallest absolute Gasteiger partial charge is 0.338 e. The lowest BCUT2D eigenvalue weighted by molar-refractivity contribution is 0.0377. The Balaban J connectivity index is 1.93. The van der Waals surface area contributed by atoms with Gasteiger partial charge in [-0.05, 0) is 57.5 Å². The molecule has 29 heavy (non-hydrogen) atoms. The van der Waals surface area contributed by atoms with Gasteiger partial charge in [0.05, 0.1) is 24.0 Å². The SMILES string of the molecule is CCOc1cccn2c(C(=O)Nc3cccc(C(=O)OC(C)C)c3)c(CC)nc12. The molecule has 0 aliphatic heterocycles. The highest BCUT2D eigenvalue weighted by Gasteiger charge is 2.21. The molecule has 2 heterocycles. The topological polar surface area (TPSA) is 81.9 Å². The second-order valence-electron chi connectivity index (χ2n) is 6.75. The first-order chi connectivity index (χ1) is 13.9. The van der Waals surface area contributed by atoms with E-state index >= 15 is 0 Å². The van der Waals surface area contributed by atoms with Crippen molar-refractivity contribution >= 4 is 23.2 Å². The minimum Gasteiger partial charge on any atom is -0.490 e. The minimum absolute atomic E-state index is 0.217. The van der Waals surface area contributed by atoms with Crippen molar-refractivity contribution in [1.29, 1.82) is 0 Å². The van der Waals surface area contributed by atoms with Crippen molar-refractivity contribution in [3.63, 3.8) is 0 Å². The molecular weight excluding hydrogens is 370 g/mol. The Bertz CT molecular complexity index is 1040. The first-order valence-corrected chi connectivity index (χ1v) is 9.69. The number of esters is 1. The van der Waals surface area contributed by atoms with Crippen molar-refractivity contribution < 1.29 is 19.1 Å². The third-order valence-electron chi connectivity index (χ3n) is 4.24. The van der Waals surface area contributed by atoms with E-state index in [-0.39, 0.29) is 12.0 Å². The average molecular weight is 395 g/mol. The Labute approximate surface area is 169 Å². The fraction of sp³-hybridized carbons (Fsp3) is 0.318. The zero-order valence-electron chi connectivity index (χ0n) is 17.1. The number of aryl methyl sites for hydroxylation is 1. The van der Waals surface area contributed by atoms with E-state index < -0.39 is 5.97 Å². The summed E-state index contributed by atoms with van der Waals surface area (Å²) < 4.78 is 12.6. The number of anilines is 1. The fourth-order valence-corrected chi connectivity index (χ4v) is 3.04. The fourth-order valence-electron chi connectivity index (χ4n) is 3.04. The van der Waals surface area contributed by atoms with Gasteiger partial charge in [-0.3, -0.25) is 9.20 Å². The van der Waals surface area contributed by atoms with Crippen LogP contribution in [0.1, 0.15) is 54.2 Å². The van der Waals surface area contributed by atoms with Crippen molar-refractivity contribution in [1.82, 2.24) is 9.38 Å². The van der Waals surface area contributed by atoms with Gasteiger partial charge in [-0.1, -0.05) is 13.0 Å². The molecule has 0 fully saturated rings. The Hall–Kier alpha value is -3.35. The number of aromatic nitrogens is 2. The molecule has 7 nitrogen and oxygen atoms in total. The number of hydrogen-bond acceptors (Lipinski definition) is 5. The highest BCUT2D eigenvalue weighted by atomic mass is 16.5. The number of carbonyl (C=O) groups excluding carboxylic acids is 2. The summed E-state index contributed by atoms with van der Waals surface area (Å²) in [5.41, 5.74) is 2.60. The van der Waals surface area contributed by atoms with Gasteiger partial charge in [-0.2, -0.15) is 0 Å². The number of pyridine rings is 1. The van der Waals surface area contributed by atoms with E-state index in [1.165, 1.54) is 0 Å². The molecule has 152 valence electrons. The molecule has 0 aliphatic rings. The van der Waals surface area contributed by atoms with E-state index in [9.17, 15) is 9.59 Å². The maximum Gasteiger partial charge on any atom is 0.338 e. The molecule has 0 saturated carbocycles. The summed E-state index contributed by atoms with van der Waals surface area (Å²) in [7, 11) is 0. The van der Waals surface area contributed by atoms with E-state index in [1.54, 1.807) is 48.7 Å². The van der Waals surface area contributed by atoms with Crippen LogP contribution in [-0.4, -0.2) is 34.0 Å². The third kappa shape index (κ3) is 4.39. The maximum absolute atomic E-state index is 13.1. The number of carbonyl (C=O) groups is 2. The lowest BCUT2D eigenvalue weighted by atomic mass is 10.2. The lowest BCUT2D eigenvalue weighted by Crippen LogP contribution is -2.17. The van der Waals surface area contributed by atoms with Crippen molar-refractivity contribution in [2.45, 2.75) is 40.2 Å². The molecule has 1 aromatic carbocycles. The zero-order chi connectivity index (χ0) is 21.0. The van der Waals surface area contributed by atoms with Crippen molar-refractivity contribution in [2.24, 2.45) is 0 Å². The van der Waals surface area contributed by atoms with Gasteiger partial charge in [0.15, 0.2) is 11.4 Å². The summed E-state index contributed by atoms with van der Waals surface area (Å²) in [5, 5.41) is 2.86. The summed E-state index contributed by atoms with van der Waals surface area (Å²) in [5.74, 6) is -0.110. The zero-order valence-corrected chi connectivity index (χ0v) is 17.1.